The number of esters is 1. The maximum atomic E-state index is 12.3. The molecule has 1 aliphatic rings. The highest BCUT2D eigenvalue weighted by Crippen LogP contribution is 2.32. The third-order valence-electron chi connectivity index (χ3n) is 4.62. The van der Waals surface area contributed by atoms with Crippen LogP contribution in [-0.2, 0) is 9.53 Å². The fourth-order valence-electron chi connectivity index (χ4n) is 3.20. The van der Waals surface area contributed by atoms with Gasteiger partial charge in [0.05, 0.1) is 23.3 Å². The van der Waals surface area contributed by atoms with Crippen molar-refractivity contribution >= 4 is 40.5 Å². The van der Waals surface area contributed by atoms with Crippen molar-refractivity contribution in [3.05, 3.63) is 57.1 Å². The van der Waals surface area contributed by atoms with Gasteiger partial charge in [-0.05, 0) is 43.2 Å². The number of nitro benzene ring substituents is 1. The molecule has 0 unspecified atom stereocenters. The predicted octanol–water partition coefficient (Wildman–Crippen LogP) is 3.65. The first-order valence-corrected chi connectivity index (χ1v) is 9.60. The standard InChI is InChI=1S/C20H20ClN3O6/c1-29-18-7-5-14(21)11-15(18)22-19(25)12-30-20(26)13-4-6-16(17(10-13)24(27)28)23-8-2-3-9-23/h4-7,10-11H,2-3,8-9,12H2,1H3,(H,22,25). The third kappa shape index (κ3) is 4.98. The first-order chi connectivity index (χ1) is 14.4. The van der Waals surface area contributed by atoms with E-state index in [0.717, 1.165) is 25.9 Å². The lowest BCUT2D eigenvalue weighted by Crippen LogP contribution is -2.22. The molecule has 3 rings (SSSR count). The minimum Gasteiger partial charge on any atom is -0.495 e. The van der Waals surface area contributed by atoms with Crippen molar-refractivity contribution in [1.82, 2.24) is 0 Å². The van der Waals surface area contributed by atoms with Crippen molar-refractivity contribution in [2.75, 3.05) is 37.0 Å². The topological polar surface area (TPSA) is 111 Å². The smallest absolute Gasteiger partial charge is 0.338 e. The van der Waals surface area contributed by atoms with Gasteiger partial charge in [-0.3, -0.25) is 14.9 Å². The lowest BCUT2D eigenvalue weighted by atomic mass is 10.1. The molecular formula is C20H20ClN3O6. The van der Waals surface area contributed by atoms with E-state index in [4.69, 9.17) is 21.1 Å². The summed E-state index contributed by atoms with van der Waals surface area (Å²) in [5, 5.41) is 14.4. The molecule has 0 atom stereocenters. The van der Waals surface area contributed by atoms with E-state index in [1.54, 1.807) is 12.1 Å². The predicted molar refractivity (Wildman–Crippen MR) is 111 cm³/mol. The summed E-state index contributed by atoms with van der Waals surface area (Å²) in [7, 11) is 1.44. The molecule has 2 aromatic carbocycles. The summed E-state index contributed by atoms with van der Waals surface area (Å²) in [6.45, 7) is 0.895. The van der Waals surface area contributed by atoms with Crippen LogP contribution in [-0.4, -0.2) is 43.6 Å². The van der Waals surface area contributed by atoms with Crippen LogP contribution in [0.1, 0.15) is 23.2 Å². The molecule has 10 heteroatoms. The van der Waals surface area contributed by atoms with E-state index in [1.807, 2.05) is 4.90 Å². The normalized spacial score (nSPS) is 13.1. The Bertz CT molecular complexity index is 975. The Hall–Kier alpha value is -3.33. The van der Waals surface area contributed by atoms with Crippen molar-refractivity contribution in [1.29, 1.82) is 0 Å². The molecule has 2 aromatic rings. The van der Waals surface area contributed by atoms with Gasteiger partial charge < -0.3 is 19.7 Å². The molecule has 1 N–H and O–H groups in total. The molecule has 9 nitrogen and oxygen atoms in total. The average Bonchev–Trinajstić information content (AvgIpc) is 3.26. The molecule has 1 amide bonds. The molecule has 1 saturated heterocycles. The number of methoxy groups -OCH3 is 1. The maximum Gasteiger partial charge on any atom is 0.338 e. The number of nitro groups is 1. The Kier molecular flexibility index (Phi) is 6.73. The number of carbonyl (C=O) groups excluding carboxylic acids is 2. The maximum absolute atomic E-state index is 12.3. The summed E-state index contributed by atoms with van der Waals surface area (Å²) in [6, 6.07) is 8.87. The van der Waals surface area contributed by atoms with Crippen LogP contribution < -0.4 is 15.0 Å². The summed E-state index contributed by atoms with van der Waals surface area (Å²) in [4.78, 5) is 37.3. The Morgan fingerprint density at radius 3 is 2.60 bits per heavy atom. The zero-order valence-corrected chi connectivity index (χ0v) is 17.0. The number of halogens is 1. The van der Waals surface area contributed by atoms with Gasteiger partial charge in [0, 0.05) is 24.2 Å². The Morgan fingerprint density at radius 2 is 1.93 bits per heavy atom. The minimum atomic E-state index is -0.834. The third-order valence-corrected chi connectivity index (χ3v) is 4.86. The number of hydrogen-bond donors (Lipinski definition) is 1. The van der Waals surface area contributed by atoms with Gasteiger partial charge in [0.1, 0.15) is 11.4 Å². The fraction of sp³-hybridized carbons (Fsp3) is 0.300. The van der Waals surface area contributed by atoms with Gasteiger partial charge in [0.2, 0.25) is 0 Å². The van der Waals surface area contributed by atoms with Gasteiger partial charge in [-0.15, -0.1) is 0 Å². The van der Waals surface area contributed by atoms with Crippen LogP contribution in [0.25, 0.3) is 0 Å². The number of ether oxygens (including phenoxy) is 2. The number of amides is 1. The highest BCUT2D eigenvalue weighted by molar-refractivity contribution is 6.31. The van der Waals surface area contributed by atoms with E-state index in [-0.39, 0.29) is 11.3 Å². The van der Waals surface area contributed by atoms with Gasteiger partial charge in [-0.1, -0.05) is 11.6 Å². The lowest BCUT2D eigenvalue weighted by molar-refractivity contribution is -0.384. The van der Waals surface area contributed by atoms with Gasteiger partial charge in [0.25, 0.3) is 11.6 Å². The first-order valence-electron chi connectivity index (χ1n) is 9.23. The molecule has 30 heavy (non-hydrogen) atoms. The Morgan fingerprint density at radius 1 is 1.20 bits per heavy atom. The van der Waals surface area contributed by atoms with Crippen LogP contribution in [0, 0.1) is 10.1 Å². The highest BCUT2D eigenvalue weighted by atomic mass is 35.5. The summed E-state index contributed by atoms with van der Waals surface area (Å²) in [6.07, 6.45) is 1.93. The quantitative estimate of drug-likeness (QED) is 0.403. The number of nitrogens with zero attached hydrogens (tertiary/aromatic N) is 2. The lowest BCUT2D eigenvalue weighted by Gasteiger charge is -2.17. The molecular weight excluding hydrogens is 414 g/mol. The second kappa shape index (κ2) is 9.45. The van der Waals surface area contributed by atoms with Gasteiger partial charge in [-0.25, -0.2) is 4.79 Å². The zero-order valence-electron chi connectivity index (χ0n) is 16.2. The van der Waals surface area contributed by atoms with Gasteiger partial charge in [-0.2, -0.15) is 0 Å². The van der Waals surface area contributed by atoms with Crippen molar-refractivity contribution < 1.29 is 24.0 Å². The number of rotatable bonds is 7. The van der Waals surface area contributed by atoms with Crippen molar-refractivity contribution in [3.8, 4) is 5.75 Å². The summed E-state index contributed by atoms with van der Waals surface area (Å²) < 4.78 is 10.1. The second-order valence-corrected chi connectivity index (χ2v) is 7.06. The van der Waals surface area contributed by atoms with Crippen LogP contribution in [0.5, 0.6) is 5.75 Å². The molecule has 1 fully saturated rings. The number of hydrogen-bond acceptors (Lipinski definition) is 7. The van der Waals surface area contributed by atoms with E-state index in [1.165, 1.54) is 31.4 Å². The van der Waals surface area contributed by atoms with Crippen LogP contribution in [0.3, 0.4) is 0 Å². The van der Waals surface area contributed by atoms with E-state index >= 15 is 0 Å². The Labute approximate surface area is 177 Å². The van der Waals surface area contributed by atoms with E-state index < -0.39 is 23.4 Å². The molecule has 0 aromatic heterocycles. The van der Waals surface area contributed by atoms with Crippen molar-refractivity contribution in [2.45, 2.75) is 12.8 Å². The SMILES string of the molecule is COc1ccc(Cl)cc1NC(=O)COC(=O)c1ccc(N2CCCC2)c([N+](=O)[O-])c1. The van der Waals surface area contributed by atoms with Crippen LogP contribution >= 0.6 is 11.6 Å². The molecule has 1 heterocycles. The van der Waals surface area contributed by atoms with Crippen molar-refractivity contribution in [2.24, 2.45) is 0 Å². The van der Waals surface area contributed by atoms with Crippen molar-refractivity contribution in [3.63, 3.8) is 0 Å². The minimum absolute atomic E-state index is 0.00205. The van der Waals surface area contributed by atoms with E-state index in [9.17, 15) is 19.7 Å². The van der Waals surface area contributed by atoms with Gasteiger partial charge in [0.15, 0.2) is 6.61 Å². The highest BCUT2D eigenvalue weighted by Gasteiger charge is 2.24. The van der Waals surface area contributed by atoms with Crippen LogP contribution in [0.4, 0.5) is 17.1 Å². The summed E-state index contributed by atoms with van der Waals surface area (Å²) in [5.41, 5.74) is 0.633. The fourth-order valence-corrected chi connectivity index (χ4v) is 3.37. The largest absolute Gasteiger partial charge is 0.495 e. The molecule has 0 radical (unpaired) electrons. The molecule has 158 valence electrons. The van der Waals surface area contributed by atoms with E-state index in [0.29, 0.717) is 22.1 Å². The number of benzene rings is 2. The number of carbonyl (C=O) groups is 2. The molecule has 0 spiro atoms. The molecule has 0 aliphatic carbocycles. The zero-order chi connectivity index (χ0) is 21.7. The van der Waals surface area contributed by atoms with Crippen LogP contribution in [0.2, 0.25) is 5.02 Å². The number of anilines is 2. The molecule has 0 saturated carbocycles. The number of nitrogens with one attached hydrogen (secondary N) is 1. The summed E-state index contributed by atoms with van der Waals surface area (Å²) in [5.74, 6) is -1.04. The second-order valence-electron chi connectivity index (χ2n) is 6.62. The average molecular weight is 434 g/mol. The first kappa shape index (κ1) is 21.4. The Balaban J connectivity index is 1.66. The molecule has 1 aliphatic heterocycles. The summed E-state index contributed by atoms with van der Waals surface area (Å²) >= 11 is 5.91. The van der Waals surface area contributed by atoms with Crippen LogP contribution in [0.15, 0.2) is 36.4 Å². The van der Waals surface area contributed by atoms with Gasteiger partial charge >= 0.3 is 5.97 Å². The monoisotopic (exact) mass is 433 g/mol. The molecule has 0 bridgehead atoms. The van der Waals surface area contributed by atoms with E-state index in [2.05, 4.69) is 5.32 Å².